The van der Waals surface area contributed by atoms with Gasteiger partial charge in [-0.15, -0.1) is 0 Å². The number of aromatic nitrogens is 3. The summed E-state index contributed by atoms with van der Waals surface area (Å²) in [6, 6.07) is 5.68. The summed E-state index contributed by atoms with van der Waals surface area (Å²) in [5.74, 6) is 1.60. The third-order valence-electron chi connectivity index (χ3n) is 4.03. The lowest BCUT2D eigenvalue weighted by Crippen LogP contribution is -2.23. The number of hydrogen-bond acceptors (Lipinski definition) is 4. The van der Waals surface area contributed by atoms with Crippen LogP contribution in [0, 0.1) is 13.8 Å². The van der Waals surface area contributed by atoms with Gasteiger partial charge in [0, 0.05) is 18.1 Å². The van der Waals surface area contributed by atoms with Gasteiger partial charge >= 0.3 is 0 Å². The first-order valence-electron chi connectivity index (χ1n) is 7.48. The molecular weight excluding hydrogens is 280 g/mol. The minimum Gasteiger partial charge on any atom is -0.381 e. The largest absolute Gasteiger partial charge is 0.381 e. The average Bonchev–Trinajstić information content (AvgIpc) is 3.18. The molecule has 116 valence electrons. The fourth-order valence-electron chi connectivity index (χ4n) is 2.46. The van der Waals surface area contributed by atoms with Crippen molar-refractivity contribution in [3.8, 4) is 0 Å². The van der Waals surface area contributed by atoms with E-state index in [0.29, 0.717) is 24.5 Å². The van der Waals surface area contributed by atoms with Crippen LogP contribution < -0.4 is 5.32 Å². The van der Waals surface area contributed by atoms with Crippen molar-refractivity contribution in [2.45, 2.75) is 32.7 Å². The van der Waals surface area contributed by atoms with Gasteiger partial charge in [0.1, 0.15) is 5.82 Å². The molecule has 2 N–H and O–H groups in total. The highest BCUT2D eigenvalue weighted by Crippen LogP contribution is 2.21. The van der Waals surface area contributed by atoms with E-state index in [1.54, 1.807) is 0 Å². The van der Waals surface area contributed by atoms with E-state index in [0.717, 1.165) is 24.4 Å². The molecule has 6 heteroatoms. The number of rotatable bonds is 4. The van der Waals surface area contributed by atoms with Crippen molar-refractivity contribution >= 4 is 5.91 Å². The number of aryl methyl sites for hydroxylation is 2. The maximum atomic E-state index is 12.2. The van der Waals surface area contributed by atoms with Crippen LogP contribution in [-0.2, 0) is 11.3 Å². The Morgan fingerprint density at radius 2 is 2.27 bits per heavy atom. The summed E-state index contributed by atoms with van der Waals surface area (Å²) >= 11 is 0. The Labute approximate surface area is 129 Å². The minimum absolute atomic E-state index is 0.106. The van der Waals surface area contributed by atoms with E-state index < -0.39 is 0 Å². The molecule has 6 nitrogen and oxygen atoms in total. The van der Waals surface area contributed by atoms with Gasteiger partial charge in [-0.3, -0.25) is 9.89 Å². The van der Waals surface area contributed by atoms with Crippen LogP contribution in [0.15, 0.2) is 18.2 Å². The average molecular weight is 300 g/mol. The summed E-state index contributed by atoms with van der Waals surface area (Å²) in [7, 11) is 0. The Bertz CT molecular complexity index is 675. The van der Waals surface area contributed by atoms with Crippen LogP contribution >= 0.6 is 0 Å². The molecule has 1 saturated heterocycles. The number of aromatic amines is 1. The molecule has 1 fully saturated rings. The smallest absolute Gasteiger partial charge is 0.251 e. The molecular formula is C16H20N4O2. The summed E-state index contributed by atoms with van der Waals surface area (Å²) in [6.07, 6.45) is 0.951. The van der Waals surface area contributed by atoms with Gasteiger partial charge < -0.3 is 10.1 Å². The highest BCUT2D eigenvalue weighted by Gasteiger charge is 2.21. The Hall–Kier alpha value is -2.21. The van der Waals surface area contributed by atoms with Crippen molar-refractivity contribution < 1.29 is 9.53 Å². The monoisotopic (exact) mass is 300 g/mol. The summed E-state index contributed by atoms with van der Waals surface area (Å²) in [6.45, 7) is 5.80. The number of carbonyl (C=O) groups excluding carboxylic acids is 1. The molecule has 1 atom stereocenters. The molecule has 2 aromatic rings. The summed E-state index contributed by atoms with van der Waals surface area (Å²) < 4.78 is 5.33. The van der Waals surface area contributed by atoms with E-state index in [9.17, 15) is 4.79 Å². The molecule has 3 rings (SSSR count). The van der Waals surface area contributed by atoms with Gasteiger partial charge in [-0.25, -0.2) is 4.98 Å². The van der Waals surface area contributed by atoms with Gasteiger partial charge in [-0.2, -0.15) is 5.10 Å². The fraction of sp³-hybridized carbons (Fsp3) is 0.438. The third kappa shape index (κ3) is 3.17. The van der Waals surface area contributed by atoms with Crippen LogP contribution in [-0.4, -0.2) is 34.3 Å². The topological polar surface area (TPSA) is 79.9 Å². The van der Waals surface area contributed by atoms with Crippen LogP contribution in [0.2, 0.25) is 0 Å². The predicted molar refractivity (Wildman–Crippen MR) is 81.6 cm³/mol. The van der Waals surface area contributed by atoms with Gasteiger partial charge in [0.25, 0.3) is 5.91 Å². The molecule has 1 amide bonds. The first-order valence-corrected chi connectivity index (χ1v) is 7.48. The van der Waals surface area contributed by atoms with Crippen molar-refractivity contribution in [2.24, 2.45) is 0 Å². The minimum atomic E-state index is -0.106. The van der Waals surface area contributed by atoms with Gasteiger partial charge in [0.15, 0.2) is 5.82 Å². The predicted octanol–water partition coefficient (Wildman–Crippen LogP) is 1.86. The summed E-state index contributed by atoms with van der Waals surface area (Å²) in [5, 5.41) is 9.95. The molecule has 1 aliphatic heterocycles. The van der Waals surface area contributed by atoms with Gasteiger partial charge in [0.05, 0.1) is 13.2 Å². The highest BCUT2D eigenvalue weighted by molar-refractivity contribution is 5.94. The van der Waals surface area contributed by atoms with E-state index >= 15 is 0 Å². The quantitative estimate of drug-likeness (QED) is 0.903. The Morgan fingerprint density at radius 3 is 3.00 bits per heavy atom. The number of nitrogens with one attached hydrogen (secondary N) is 2. The van der Waals surface area contributed by atoms with E-state index in [1.165, 1.54) is 5.56 Å². The zero-order chi connectivity index (χ0) is 15.5. The summed E-state index contributed by atoms with van der Waals surface area (Å²) in [4.78, 5) is 16.6. The number of hydrogen-bond donors (Lipinski definition) is 2. The van der Waals surface area contributed by atoms with E-state index in [-0.39, 0.29) is 11.8 Å². The lowest BCUT2D eigenvalue weighted by molar-refractivity contribution is 0.0950. The van der Waals surface area contributed by atoms with Gasteiger partial charge in [0.2, 0.25) is 0 Å². The van der Waals surface area contributed by atoms with Crippen LogP contribution in [0.4, 0.5) is 0 Å². The van der Waals surface area contributed by atoms with E-state index in [4.69, 9.17) is 4.74 Å². The standard InChI is InChI=1S/C16H20N4O2/c1-10-3-4-12(7-11(10)2)16(21)17-8-14-18-15(20-19-14)13-5-6-22-9-13/h3-4,7,13H,5-6,8-9H2,1-2H3,(H,17,21)(H,18,19,20). The Balaban J connectivity index is 1.59. The SMILES string of the molecule is Cc1ccc(C(=O)NCc2nc(C3CCOC3)n[nH]2)cc1C. The normalized spacial score (nSPS) is 17.6. The van der Waals surface area contributed by atoms with Crippen molar-refractivity contribution in [3.63, 3.8) is 0 Å². The van der Waals surface area contributed by atoms with Crippen LogP contribution in [0.5, 0.6) is 0 Å². The molecule has 0 aliphatic carbocycles. The lowest BCUT2D eigenvalue weighted by Gasteiger charge is -2.06. The van der Waals surface area contributed by atoms with Crippen molar-refractivity contribution in [1.29, 1.82) is 0 Å². The summed E-state index contributed by atoms with van der Waals surface area (Å²) in [5.41, 5.74) is 2.94. The zero-order valence-electron chi connectivity index (χ0n) is 12.8. The van der Waals surface area contributed by atoms with Crippen molar-refractivity contribution in [3.05, 3.63) is 46.5 Å². The number of ether oxygens (including phenoxy) is 1. The van der Waals surface area contributed by atoms with Crippen molar-refractivity contribution in [1.82, 2.24) is 20.5 Å². The molecule has 22 heavy (non-hydrogen) atoms. The maximum absolute atomic E-state index is 12.2. The van der Waals surface area contributed by atoms with Gasteiger partial charge in [-0.05, 0) is 43.5 Å². The Morgan fingerprint density at radius 1 is 1.41 bits per heavy atom. The molecule has 1 aromatic heterocycles. The van der Waals surface area contributed by atoms with Crippen LogP contribution in [0.25, 0.3) is 0 Å². The van der Waals surface area contributed by atoms with Crippen LogP contribution in [0.1, 0.15) is 45.5 Å². The molecule has 0 saturated carbocycles. The fourth-order valence-corrected chi connectivity index (χ4v) is 2.46. The second kappa shape index (κ2) is 6.27. The van der Waals surface area contributed by atoms with Crippen molar-refractivity contribution in [2.75, 3.05) is 13.2 Å². The first-order chi connectivity index (χ1) is 10.6. The van der Waals surface area contributed by atoms with Crippen LogP contribution in [0.3, 0.4) is 0 Å². The molecule has 0 radical (unpaired) electrons. The molecule has 1 unspecified atom stereocenters. The second-order valence-corrected chi connectivity index (χ2v) is 5.68. The number of carbonyl (C=O) groups is 1. The van der Waals surface area contributed by atoms with E-state index in [1.807, 2.05) is 32.0 Å². The second-order valence-electron chi connectivity index (χ2n) is 5.68. The lowest BCUT2D eigenvalue weighted by atomic mass is 10.1. The molecule has 1 aliphatic rings. The van der Waals surface area contributed by atoms with E-state index in [2.05, 4.69) is 20.5 Å². The molecule has 1 aromatic carbocycles. The third-order valence-corrected chi connectivity index (χ3v) is 4.03. The molecule has 2 heterocycles. The molecule has 0 bridgehead atoms. The maximum Gasteiger partial charge on any atom is 0.251 e. The number of benzene rings is 1. The highest BCUT2D eigenvalue weighted by atomic mass is 16.5. The number of H-pyrrole nitrogens is 1. The number of nitrogens with zero attached hydrogens (tertiary/aromatic N) is 2. The molecule has 0 spiro atoms. The number of amides is 1. The first kappa shape index (κ1) is 14.7. The zero-order valence-corrected chi connectivity index (χ0v) is 12.8. The van der Waals surface area contributed by atoms with Gasteiger partial charge in [-0.1, -0.05) is 6.07 Å². The Kier molecular flexibility index (Phi) is 4.20.